The Bertz CT molecular complexity index is 741. The van der Waals surface area contributed by atoms with Gasteiger partial charge in [-0.3, -0.25) is 4.79 Å². The predicted molar refractivity (Wildman–Crippen MR) is 81.7 cm³/mol. The molecule has 100 valence electrons. The van der Waals surface area contributed by atoms with Crippen LogP contribution < -0.4 is 5.32 Å². The summed E-state index contributed by atoms with van der Waals surface area (Å²) in [5, 5.41) is 3.99. The highest BCUT2D eigenvalue weighted by Gasteiger charge is 2.05. The Kier molecular flexibility index (Phi) is 3.25. The van der Waals surface area contributed by atoms with Crippen LogP contribution in [0.3, 0.4) is 0 Å². The lowest BCUT2D eigenvalue weighted by molar-refractivity contribution is 0.0956. The van der Waals surface area contributed by atoms with Crippen LogP contribution in [0.2, 0.25) is 0 Å². The fourth-order valence-corrected chi connectivity index (χ4v) is 2.31. The van der Waals surface area contributed by atoms with Gasteiger partial charge < -0.3 is 10.3 Å². The lowest BCUT2D eigenvalue weighted by atomic mass is 10.0. The van der Waals surface area contributed by atoms with Crippen LogP contribution in [0.5, 0.6) is 0 Å². The molecule has 0 aliphatic rings. The molecular weight excluding hydrogens is 248 g/mol. The van der Waals surface area contributed by atoms with Crippen molar-refractivity contribution < 1.29 is 4.79 Å². The Balaban J connectivity index is 1.92. The topological polar surface area (TPSA) is 44.9 Å². The zero-order chi connectivity index (χ0) is 13.9. The lowest BCUT2D eigenvalue weighted by Crippen LogP contribution is -2.22. The maximum atomic E-state index is 11.7. The van der Waals surface area contributed by atoms with Crippen molar-refractivity contribution in [2.24, 2.45) is 0 Å². The number of H-pyrrole nitrogens is 1. The number of hydrogen-bond acceptors (Lipinski definition) is 1. The summed E-state index contributed by atoms with van der Waals surface area (Å²) >= 11 is 0. The van der Waals surface area contributed by atoms with Gasteiger partial charge in [-0.05, 0) is 53.8 Å². The van der Waals surface area contributed by atoms with E-state index in [9.17, 15) is 4.79 Å². The average Bonchev–Trinajstić information content (AvgIpc) is 2.95. The first-order valence-corrected chi connectivity index (χ1v) is 6.73. The van der Waals surface area contributed by atoms with Gasteiger partial charge in [0.1, 0.15) is 0 Å². The Morgan fingerprint density at radius 1 is 1.05 bits per heavy atom. The van der Waals surface area contributed by atoms with Crippen molar-refractivity contribution in [2.45, 2.75) is 6.92 Å². The van der Waals surface area contributed by atoms with Crippen molar-refractivity contribution >= 4 is 16.8 Å². The van der Waals surface area contributed by atoms with Gasteiger partial charge in [0.05, 0.1) is 0 Å². The summed E-state index contributed by atoms with van der Waals surface area (Å²) in [5.41, 5.74) is 4.09. The first-order chi connectivity index (χ1) is 9.78. The molecule has 0 atom stereocenters. The molecule has 20 heavy (non-hydrogen) atoms. The van der Waals surface area contributed by atoms with Crippen molar-refractivity contribution in [3.8, 4) is 11.1 Å². The largest absolute Gasteiger partial charge is 0.361 e. The van der Waals surface area contributed by atoms with Crippen LogP contribution in [0.15, 0.2) is 54.7 Å². The third-order valence-electron chi connectivity index (χ3n) is 3.37. The number of carbonyl (C=O) groups excluding carboxylic acids is 1. The van der Waals surface area contributed by atoms with Crippen LogP contribution in [-0.4, -0.2) is 17.4 Å². The molecule has 0 saturated heterocycles. The minimum Gasteiger partial charge on any atom is -0.361 e. The molecule has 0 fully saturated rings. The van der Waals surface area contributed by atoms with Crippen LogP contribution in [0, 0.1) is 0 Å². The summed E-state index contributed by atoms with van der Waals surface area (Å²) in [6.07, 6.45) is 1.94. The van der Waals surface area contributed by atoms with E-state index in [2.05, 4.69) is 34.6 Å². The van der Waals surface area contributed by atoms with Crippen molar-refractivity contribution in [1.82, 2.24) is 10.3 Å². The van der Waals surface area contributed by atoms with E-state index in [0.29, 0.717) is 12.1 Å². The van der Waals surface area contributed by atoms with Crippen LogP contribution >= 0.6 is 0 Å². The second-order valence-corrected chi connectivity index (χ2v) is 4.72. The predicted octanol–water partition coefficient (Wildman–Crippen LogP) is 3.58. The number of nitrogens with one attached hydrogen (secondary N) is 2. The maximum absolute atomic E-state index is 11.7. The molecule has 0 saturated carbocycles. The number of aromatic nitrogens is 1. The number of carbonyl (C=O) groups is 1. The van der Waals surface area contributed by atoms with Gasteiger partial charge >= 0.3 is 0 Å². The molecule has 1 heterocycles. The van der Waals surface area contributed by atoms with E-state index in [1.807, 2.05) is 37.4 Å². The number of benzene rings is 2. The molecule has 0 bridgehead atoms. The highest BCUT2D eigenvalue weighted by molar-refractivity contribution is 5.94. The molecule has 2 aromatic carbocycles. The smallest absolute Gasteiger partial charge is 0.251 e. The molecule has 3 aromatic rings. The van der Waals surface area contributed by atoms with E-state index < -0.39 is 0 Å². The Labute approximate surface area is 117 Å². The van der Waals surface area contributed by atoms with Crippen molar-refractivity contribution in [2.75, 3.05) is 6.54 Å². The molecule has 1 aromatic heterocycles. The highest BCUT2D eigenvalue weighted by Crippen LogP contribution is 2.24. The molecule has 1 amide bonds. The van der Waals surface area contributed by atoms with Gasteiger partial charge in [-0.2, -0.15) is 0 Å². The van der Waals surface area contributed by atoms with E-state index in [1.165, 1.54) is 5.39 Å². The second-order valence-electron chi connectivity index (χ2n) is 4.72. The minimum atomic E-state index is -0.0277. The SMILES string of the molecule is CCNC(=O)c1ccc(-c2ccc3[nH]ccc3c2)cc1. The summed E-state index contributed by atoms with van der Waals surface area (Å²) < 4.78 is 0. The molecule has 2 N–H and O–H groups in total. The molecule has 0 aliphatic heterocycles. The fourth-order valence-electron chi connectivity index (χ4n) is 2.31. The summed E-state index contributed by atoms with van der Waals surface area (Å²) in [6.45, 7) is 2.56. The third-order valence-corrected chi connectivity index (χ3v) is 3.37. The van der Waals surface area contributed by atoms with Gasteiger partial charge in [0.25, 0.3) is 5.91 Å². The van der Waals surface area contributed by atoms with Crippen LogP contribution in [0.25, 0.3) is 22.0 Å². The monoisotopic (exact) mass is 264 g/mol. The molecule has 3 rings (SSSR count). The fraction of sp³-hybridized carbons (Fsp3) is 0.118. The maximum Gasteiger partial charge on any atom is 0.251 e. The zero-order valence-electron chi connectivity index (χ0n) is 11.3. The molecule has 3 nitrogen and oxygen atoms in total. The van der Waals surface area contributed by atoms with E-state index in [-0.39, 0.29) is 5.91 Å². The minimum absolute atomic E-state index is 0.0277. The van der Waals surface area contributed by atoms with E-state index >= 15 is 0 Å². The zero-order valence-corrected chi connectivity index (χ0v) is 11.3. The first kappa shape index (κ1) is 12.5. The second kappa shape index (κ2) is 5.21. The van der Waals surface area contributed by atoms with E-state index in [0.717, 1.165) is 16.6 Å². The Hall–Kier alpha value is -2.55. The number of fused-ring (bicyclic) bond motifs is 1. The van der Waals surface area contributed by atoms with Gasteiger partial charge in [0.15, 0.2) is 0 Å². The number of rotatable bonds is 3. The third kappa shape index (κ3) is 2.30. The molecule has 0 unspecified atom stereocenters. The molecule has 0 spiro atoms. The average molecular weight is 264 g/mol. The summed E-state index contributed by atoms with van der Waals surface area (Å²) in [6, 6.07) is 16.1. The normalized spacial score (nSPS) is 10.7. The highest BCUT2D eigenvalue weighted by atomic mass is 16.1. The van der Waals surface area contributed by atoms with Gasteiger partial charge in [0.2, 0.25) is 0 Å². The van der Waals surface area contributed by atoms with Crippen molar-refractivity contribution in [3.63, 3.8) is 0 Å². The molecular formula is C17H16N2O. The van der Waals surface area contributed by atoms with E-state index in [1.54, 1.807) is 0 Å². The quantitative estimate of drug-likeness (QED) is 0.746. The molecule has 0 aliphatic carbocycles. The standard InChI is InChI=1S/C17H16N2O/c1-2-18-17(20)13-5-3-12(4-6-13)14-7-8-16-15(11-14)9-10-19-16/h3-11,19H,2H2,1H3,(H,18,20). The number of hydrogen-bond donors (Lipinski definition) is 2. The van der Waals surface area contributed by atoms with Crippen molar-refractivity contribution in [3.05, 3.63) is 60.3 Å². The first-order valence-electron chi connectivity index (χ1n) is 6.73. The Morgan fingerprint density at radius 2 is 1.80 bits per heavy atom. The van der Waals surface area contributed by atoms with Crippen LogP contribution in [-0.2, 0) is 0 Å². The summed E-state index contributed by atoms with van der Waals surface area (Å²) in [5.74, 6) is -0.0277. The summed E-state index contributed by atoms with van der Waals surface area (Å²) in [4.78, 5) is 14.9. The van der Waals surface area contributed by atoms with Crippen LogP contribution in [0.4, 0.5) is 0 Å². The number of amides is 1. The van der Waals surface area contributed by atoms with Crippen LogP contribution in [0.1, 0.15) is 17.3 Å². The van der Waals surface area contributed by atoms with E-state index in [4.69, 9.17) is 0 Å². The van der Waals surface area contributed by atoms with Gasteiger partial charge in [-0.1, -0.05) is 18.2 Å². The molecule has 3 heteroatoms. The Morgan fingerprint density at radius 3 is 2.55 bits per heavy atom. The van der Waals surface area contributed by atoms with Gasteiger partial charge in [0, 0.05) is 23.8 Å². The molecule has 0 radical (unpaired) electrons. The summed E-state index contributed by atoms with van der Waals surface area (Å²) in [7, 11) is 0. The lowest BCUT2D eigenvalue weighted by Gasteiger charge is -2.05. The van der Waals surface area contributed by atoms with Gasteiger partial charge in [-0.15, -0.1) is 0 Å². The van der Waals surface area contributed by atoms with Gasteiger partial charge in [-0.25, -0.2) is 0 Å². The number of aromatic amines is 1. The van der Waals surface area contributed by atoms with Crippen molar-refractivity contribution in [1.29, 1.82) is 0 Å².